The molecule has 3 N–H and O–H groups in total. The lowest BCUT2D eigenvalue weighted by atomic mass is 9.92. The van der Waals surface area contributed by atoms with Crippen LogP contribution in [0.4, 0.5) is 5.82 Å². The molecule has 0 bridgehead atoms. The molecule has 2 aliphatic rings. The van der Waals surface area contributed by atoms with Gasteiger partial charge >= 0.3 is 0 Å². The molecule has 1 saturated carbocycles. The quantitative estimate of drug-likeness (QED) is 0.299. The number of carbonyl (C=O) groups is 1. The van der Waals surface area contributed by atoms with Crippen molar-refractivity contribution in [3.63, 3.8) is 0 Å². The molecule has 0 radical (unpaired) electrons. The van der Waals surface area contributed by atoms with Gasteiger partial charge in [0.2, 0.25) is 5.91 Å². The van der Waals surface area contributed by atoms with E-state index < -0.39 is 0 Å². The van der Waals surface area contributed by atoms with Gasteiger partial charge in [0, 0.05) is 43.5 Å². The highest BCUT2D eigenvalue weighted by Crippen LogP contribution is 2.36. The van der Waals surface area contributed by atoms with Crippen LogP contribution >= 0.6 is 0 Å². The molecule has 1 amide bonds. The molecule has 9 heteroatoms. The number of H-pyrrole nitrogens is 1. The van der Waals surface area contributed by atoms with Crippen LogP contribution in [0.3, 0.4) is 0 Å². The molecule has 4 aromatic rings. The first kappa shape index (κ1) is 26.8. The average Bonchev–Trinajstić information content (AvgIpc) is 3.37. The van der Waals surface area contributed by atoms with Crippen molar-refractivity contribution in [1.82, 2.24) is 24.6 Å². The largest absolute Gasteiger partial charge is 0.457 e. The number of rotatable bonds is 8. The van der Waals surface area contributed by atoms with Crippen LogP contribution in [0.2, 0.25) is 0 Å². The summed E-state index contributed by atoms with van der Waals surface area (Å²) in [5.41, 5.74) is 8.24. The van der Waals surface area contributed by atoms with Gasteiger partial charge in [-0.05, 0) is 62.6 Å². The van der Waals surface area contributed by atoms with Gasteiger partial charge in [-0.2, -0.15) is 5.10 Å². The van der Waals surface area contributed by atoms with E-state index >= 15 is 0 Å². The molecule has 1 atom stereocenters. The third kappa shape index (κ3) is 5.63. The predicted octanol–water partition coefficient (Wildman–Crippen LogP) is 4.97. The van der Waals surface area contributed by atoms with Gasteiger partial charge in [0.15, 0.2) is 5.82 Å². The van der Waals surface area contributed by atoms with E-state index in [4.69, 9.17) is 10.5 Å². The number of hydrogen-bond acceptors (Lipinski definition) is 6. The van der Waals surface area contributed by atoms with Crippen LogP contribution in [0.15, 0.2) is 77.7 Å². The highest BCUT2D eigenvalue weighted by Gasteiger charge is 2.28. The van der Waals surface area contributed by atoms with E-state index in [0.29, 0.717) is 35.8 Å². The summed E-state index contributed by atoms with van der Waals surface area (Å²) >= 11 is 0. The summed E-state index contributed by atoms with van der Waals surface area (Å²) in [6.45, 7) is 2.00. The number of anilines is 1. The highest BCUT2D eigenvalue weighted by molar-refractivity contribution is 6.02. The first-order chi connectivity index (χ1) is 20.0. The maximum atomic E-state index is 13.1. The third-order valence-electron chi connectivity index (χ3n) is 8.38. The Morgan fingerprint density at radius 1 is 1.10 bits per heavy atom. The SMILES string of the molecule is CN(CC=CC(=O)N1CCC[C@@H](n2cc(-c3ccc(Oc4ccccc4)cc3)c3c(N)n[nH]c(=O)c32)C1)C1CCC1. The first-order valence-electron chi connectivity index (χ1n) is 14.4. The lowest BCUT2D eigenvalue weighted by molar-refractivity contribution is -0.127. The summed E-state index contributed by atoms with van der Waals surface area (Å²) in [5, 5.41) is 7.23. The Hall–Kier alpha value is -4.37. The van der Waals surface area contributed by atoms with E-state index in [2.05, 4.69) is 22.1 Å². The molecule has 1 aliphatic heterocycles. The monoisotopic (exact) mass is 552 g/mol. The third-order valence-corrected chi connectivity index (χ3v) is 8.38. The van der Waals surface area contributed by atoms with Crippen molar-refractivity contribution in [2.45, 2.75) is 44.2 Å². The minimum Gasteiger partial charge on any atom is -0.457 e. The number of fused-ring (bicyclic) bond motifs is 1. The Labute approximate surface area is 239 Å². The lowest BCUT2D eigenvalue weighted by Crippen LogP contribution is -2.40. The van der Waals surface area contributed by atoms with E-state index in [1.54, 1.807) is 6.08 Å². The number of para-hydroxylation sites is 1. The minimum absolute atomic E-state index is 0.0116. The van der Waals surface area contributed by atoms with Crippen LogP contribution < -0.4 is 16.0 Å². The number of aromatic amines is 1. The molecule has 1 saturated heterocycles. The molecule has 41 heavy (non-hydrogen) atoms. The smallest absolute Gasteiger partial charge is 0.288 e. The van der Waals surface area contributed by atoms with Crippen LogP contribution in [0, 0.1) is 0 Å². The number of ether oxygens (including phenoxy) is 1. The lowest BCUT2D eigenvalue weighted by Gasteiger charge is -2.34. The van der Waals surface area contributed by atoms with Crippen LogP contribution in [-0.2, 0) is 4.79 Å². The molecular formula is C32H36N6O3. The molecule has 0 spiro atoms. The van der Waals surface area contributed by atoms with Gasteiger partial charge in [0.05, 0.1) is 11.4 Å². The van der Waals surface area contributed by atoms with Crippen molar-refractivity contribution in [1.29, 1.82) is 0 Å². The van der Waals surface area contributed by atoms with Crippen molar-refractivity contribution in [3.8, 4) is 22.6 Å². The van der Waals surface area contributed by atoms with E-state index in [0.717, 1.165) is 36.3 Å². The summed E-state index contributed by atoms with van der Waals surface area (Å²) in [7, 11) is 2.12. The molecule has 2 aromatic carbocycles. The molecule has 6 rings (SSSR count). The Morgan fingerprint density at radius 2 is 1.85 bits per heavy atom. The van der Waals surface area contributed by atoms with Gasteiger partial charge < -0.3 is 19.9 Å². The van der Waals surface area contributed by atoms with Gasteiger partial charge in [-0.1, -0.05) is 42.8 Å². The van der Waals surface area contributed by atoms with Crippen molar-refractivity contribution < 1.29 is 9.53 Å². The number of aromatic nitrogens is 3. The van der Waals surface area contributed by atoms with Gasteiger partial charge in [0.25, 0.3) is 5.56 Å². The number of piperidine rings is 1. The number of nitrogen functional groups attached to an aromatic ring is 1. The molecule has 212 valence electrons. The minimum atomic E-state index is -0.299. The summed E-state index contributed by atoms with van der Waals surface area (Å²) in [6, 6.07) is 17.9. The predicted molar refractivity (Wildman–Crippen MR) is 161 cm³/mol. The molecule has 1 aliphatic carbocycles. The van der Waals surface area contributed by atoms with Crippen molar-refractivity contribution in [2.24, 2.45) is 0 Å². The van der Waals surface area contributed by atoms with E-state index in [1.165, 1.54) is 19.3 Å². The van der Waals surface area contributed by atoms with Crippen LogP contribution in [0.1, 0.15) is 38.1 Å². The number of amides is 1. The zero-order chi connectivity index (χ0) is 28.3. The van der Waals surface area contributed by atoms with Gasteiger partial charge in [-0.3, -0.25) is 14.5 Å². The van der Waals surface area contributed by atoms with E-state index in [9.17, 15) is 9.59 Å². The molecule has 0 unspecified atom stereocenters. The molecule has 2 fully saturated rings. The first-order valence-corrected chi connectivity index (χ1v) is 14.4. The van der Waals surface area contributed by atoms with Crippen molar-refractivity contribution in [3.05, 3.63) is 83.3 Å². The number of benzene rings is 2. The number of nitrogens with two attached hydrogens (primary N) is 1. The average molecular weight is 553 g/mol. The Bertz CT molecular complexity index is 1600. The summed E-state index contributed by atoms with van der Waals surface area (Å²) in [6.07, 6.45) is 11.1. The maximum absolute atomic E-state index is 13.1. The topological polar surface area (TPSA) is 109 Å². The van der Waals surface area contributed by atoms with Crippen molar-refractivity contribution in [2.75, 3.05) is 32.4 Å². The fraction of sp³-hybridized carbons (Fsp3) is 0.344. The molecule has 9 nitrogen and oxygen atoms in total. The molecule has 3 heterocycles. The van der Waals surface area contributed by atoms with Gasteiger partial charge in [-0.25, -0.2) is 5.10 Å². The summed E-state index contributed by atoms with van der Waals surface area (Å²) in [5.74, 6) is 1.74. The second-order valence-electron chi connectivity index (χ2n) is 11.1. The second-order valence-corrected chi connectivity index (χ2v) is 11.1. The zero-order valence-corrected chi connectivity index (χ0v) is 23.3. The number of likely N-dealkylation sites (tertiary alicyclic amines) is 1. The standard InChI is InChI=1S/C32H36N6O3/c1-36(23-8-5-9-23)18-7-13-28(39)37-19-6-10-24(20-37)38-21-27(29-30(38)32(40)35-34-31(29)33)22-14-16-26(17-15-22)41-25-11-3-2-4-12-25/h2-4,7,11-17,21,23-24H,5-6,8-10,18-20H2,1H3,(H2,33,34)(H,35,40)/t24-/m1/s1. The van der Waals surface area contributed by atoms with E-state index in [1.807, 2.05) is 76.3 Å². The summed E-state index contributed by atoms with van der Waals surface area (Å²) in [4.78, 5) is 30.4. The number of nitrogens with one attached hydrogen (secondary N) is 1. The Balaban J connectivity index is 1.24. The number of nitrogens with zero attached hydrogens (tertiary/aromatic N) is 4. The van der Waals surface area contributed by atoms with Crippen LogP contribution in [0.5, 0.6) is 11.5 Å². The van der Waals surface area contributed by atoms with Gasteiger partial charge in [-0.15, -0.1) is 0 Å². The number of hydrogen-bond donors (Lipinski definition) is 2. The van der Waals surface area contributed by atoms with Crippen molar-refractivity contribution >= 4 is 22.6 Å². The maximum Gasteiger partial charge on any atom is 0.288 e. The molecule has 2 aromatic heterocycles. The number of likely N-dealkylation sites (N-methyl/N-ethyl adjacent to an activating group) is 1. The fourth-order valence-corrected chi connectivity index (χ4v) is 5.85. The zero-order valence-electron chi connectivity index (χ0n) is 23.3. The Kier molecular flexibility index (Phi) is 7.61. The molecular weight excluding hydrogens is 516 g/mol. The Morgan fingerprint density at radius 3 is 2.59 bits per heavy atom. The van der Waals surface area contributed by atoms with Crippen LogP contribution in [0.25, 0.3) is 22.0 Å². The van der Waals surface area contributed by atoms with Gasteiger partial charge in [0.1, 0.15) is 17.0 Å². The number of carbonyl (C=O) groups excluding carboxylic acids is 1. The summed E-state index contributed by atoms with van der Waals surface area (Å²) < 4.78 is 7.94. The van der Waals surface area contributed by atoms with E-state index in [-0.39, 0.29) is 23.3 Å². The second kappa shape index (κ2) is 11.6. The fourth-order valence-electron chi connectivity index (χ4n) is 5.85. The highest BCUT2D eigenvalue weighted by atomic mass is 16.5. The van der Waals surface area contributed by atoms with Crippen LogP contribution in [-0.4, -0.2) is 63.2 Å². The normalized spacial score (nSPS) is 17.8.